The van der Waals surface area contributed by atoms with Crippen molar-refractivity contribution in [2.75, 3.05) is 25.4 Å². The molecule has 5 rings (SSSR count). The first-order chi connectivity index (χ1) is 22.2. The zero-order chi connectivity index (χ0) is 34.2. The molecular weight excluding hydrogens is 643 g/mol. The van der Waals surface area contributed by atoms with E-state index in [-0.39, 0.29) is 33.8 Å². The molecule has 5 atom stereocenters. The number of β-amino-alcohol motifs (C(OH)–C–C–N with tert-alkyl or cyclic N) is 1. The minimum absolute atomic E-state index is 0.00562. The molecule has 0 fully saturated rings. The molecule has 15 heteroatoms. The Kier molecular flexibility index (Phi) is 9.98. The van der Waals surface area contributed by atoms with Crippen LogP contribution in [0.2, 0.25) is 0 Å². The van der Waals surface area contributed by atoms with Crippen LogP contribution >= 0.6 is 11.9 Å². The van der Waals surface area contributed by atoms with Crippen LogP contribution in [0.4, 0.5) is 18.9 Å². The number of carbonyl (C=O) groups is 1. The van der Waals surface area contributed by atoms with Crippen LogP contribution in [0, 0.1) is 0 Å². The summed E-state index contributed by atoms with van der Waals surface area (Å²) in [5, 5.41) is 61.8. The van der Waals surface area contributed by atoms with E-state index in [1.165, 1.54) is 16.4 Å². The largest absolute Gasteiger partial charge is 0.480 e. The Morgan fingerprint density at radius 1 is 0.979 bits per heavy atom. The van der Waals surface area contributed by atoms with Gasteiger partial charge in [-0.2, -0.15) is 13.2 Å². The van der Waals surface area contributed by atoms with Gasteiger partial charge in [0.1, 0.15) is 35.1 Å². The fourth-order valence-corrected chi connectivity index (χ4v) is 7.01. The number of pyridine rings is 1. The van der Waals surface area contributed by atoms with E-state index in [0.717, 1.165) is 39.4 Å². The fraction of sp³-hybridized carbons (Fsp3) is 0.312. The topological polar surface area (TPSA) is 190 Å². The van der Waals surface area contributed by atoms with E-state index >= 15 is 0 Å². The number of benzene rings is 3. The van der Waals surface area contributed by atoms with E-state index in [1.807, 2.05) is 30.3 Å². The van der Waals surface area contributed by atoms with Gasteiger partial charge in [-0.1, -0.05) is 54.6 Å². The van der Waals surface area contributed by atoms with Crippen LogP contribution in [0.15, 0.2) is 76.6 Å². The number of nitrogens with zero attached hydrogens (tertiary/aromatic N) is 2. The monoisotopic (exact) mass is 675 g/mol. The maximum absolute atomic E-state index is 13.9. The summed E-state index contributed by atoms with van der Waals surface area (Å²) in [6.07, 6.45) is -12.2. The quantitative estimate of drug-likeness (QED) is 0.122. The van der Waals surface area contributed by atoms with Crippen molar-refractivity contribution in [2.24, 2.45) is 0 Å². The Balaban J connectivity index is 1.71. The van der Waals surface area contributed by atoms with Crippen LogP contribution in [0.25, 0.3) is 21.9 Å². The lowest BCUT2D eigenvalue weighted by atomic mass is 9.92. The first-order valence-electron chi connectivity index (χ1n) is 14.4. The first kappa shape index (κ1) is 34.4. The zero-order valence-electron chi connectivity index (χ0n) is 24.6. The van der Waals surface area contributed by atoms with E-state index in [9.17, 15) is 48.3 Å². The van der Waals surface area contributed by atoms with Crippen LogP contribution in [0.5, 0.6) is 0 Å². The lowest BCUT2D eigenvalue weighted by Crippen LogP contribution is -2.51. The number of fused-ring (bicyclic) bond motifs is 2. The number of carboxylic acid groups (broad SMARTS) is 1. The van der Waals surface area contributed by atoms with Crippen molar-refractivity contribution in [3.8, 4) is 11.1 Å². The van der Waals surface area contributed by atoms with Crippen molar-refractivity contribution < 1.29 is 48.6 Å². The van der Waals surface area contributed by atoms with Gasteiger partial charge in [0.15, 0.2) is 0 Å². The molecule has 0 radical (unpaired) electrons. The molecule has 47 heavy (non-hydrogen) atoms. The van der Waals surface area contributed by atoms with Gasteiger partial charge in [-0.15, -0.1) is 0 Å². The molecule has 1 unspecified atom stereocenters. The minimum Gasteiger partial charge on any atom is -0.480 e. The number of rotatable bonds is 10. The highest BCUT2D eigenvalue weighted by molar-refractivity contribution is 7.97. The van der Waals surface area contributed by atoms with E-state index in [4.69, 9.17) is 10.8 Å². The third-order valence-electron chi connectivity index (χ3n) is 8.14. The van der Waals surface area contributed by atoms with Gasteiger partial charge in [0.2, 0.25) is 0 Å². The lowest BCUT2D eigenvalue weighted by Gasteiger charge is -2.37. The van der Waals surface area contributed by atoms with Gasteiger partial charge in [0.05, 0.1) is 18.3 Å². The predicted octanol–water partition coefficient (Wildman–Crippen LogP) is 2.24. The molecule has 1 aromatic heterocycles. The average Bonchev–Trinajstić information content (AvgIpc) is 3.05. The summed E-state index contributed by atoms with van der Waals surface area (Å²) in [5.41, 5.74) is 5.19. The molecule has 0 bridgehead atoms. The summed E-state index contributed by atoms with van der Waals surface area (Å²) < 4.78 is 43.9. The number of anilines is 1. The number of aliphatic carboxylic acids is 1. The van der Waals surface area contributed by atoms with Gasteiger partial charge in [-0.25, -0.2) is 9.10 Å². The number of nitrogen functional groups attached to an aromatic ring is 1. The second kappa shape index (κ2) is 13.6. The Morgan fingerprint density at radius 2 is 1.64 bits per heavy atom. The van der Waals surface area contributed by atoms with Crippen LogP contribution in [0.3, 0.4) is 0 Å². The van der Waals surface area contributed by atoms with Crippen molar-refractivity contribution in [3.05, 3.63) is 93.8 Å². The molecule has 1 aliphatic rings. The van der Waals surface area contributed by atoms with Gasteiger partial charge in [-0.05, 0) is 51.5 Å². The standard InChI is InChI=1S/C32H32F3N3O8S/c33-32(34,35)19-9-4-8-18(11-19)25-21(12-17-7-3-6-16-5-1-2-10-20(16)17)26(36)29(44)38-22(31(45)46)13-37(47-30(25)38)14-23(40)27(42)28(43)24(41)15-39/h1-11,22-24,27-28,39-43H,12-15,36H2,(H,45,46)/t22?,23-,24+,27+,28+/m0/s1. The molecule has 0 aliphatic carbocycles. The van der Waals surface area contributed by atoms with E-state index in [1.54, 1.807) is 12.1 Å². The summed E-state index contributed by atoms with van der Waals surface area (Å²) in [4.78, 5) is 26.4. The molecular formula is C32H32F3N3O8S. The second-order valence-electron chi connectivity index (χ2n) is 11.2. The van der Waals surface area contributed by atoms with Crippen molar-refractivity contribution in [2.45, 2.75) is 48.1 Å². The summed E-state index contributed by atoms with van der Waals surface area (Å²) in [6, 6.07) is 15.5. The molecule has 0 saturated heterocycles. The molecule has 0 spiro atoms. The van der Waals surface area contributed by atoms with Crippen LogP contribution < -0.4 is 11.3 Å². The summed E-state index contributed by atoms with van der Waals surface area (Å²) in [6.45, 7) is -1.84. The second-order valence-corrected chi connectivity index (χ2v) is 12.3. The van der Waals surface area contributed by atoms with Crippen LogP contribution in [0.1, 0.15) is 22.7 Å². The molecule has 2 heterocycles. The number of hydrogen-bond donors (Lipinski definition) is 7. The summed E-state index contributed by atoms with van der Waals surface area (Å²) in [5.74, 6) is -1.47. The number of halogens is 3. The lowest BCUT2D eigenvalue weighted by molar-refractivity contribution is -0.142. The minimum atomic E-state index is -4.73. The summed E-state index contributed by atoms with van der Waals surface area (Å²) >= 11 is 0.767. The Labute approximate surface area is 270 Å². The van der Waals surface area contributed by atoms with Crippen LogP contribution in [-0.4, -0.2) is 89.6 Å². The highest BCUT2D eigenvalue weighted by Gasteiger charge is 2.39. The number of nitrogens with two attached hydrogens (primary N) is 1. The molecule has 3 aromatic carbocycles. The maximum atomic E-state index is 13.9. The number of aromatic nitrogens is 1. The fourth-order valence-electron chi connectivity index (χ4n) is 5.69. The van der Waals surface area contributed by atoms with Gasteiger partial charge in [0, 0.05) is 25.1 Å². The third-order valence-corrected chi connectivity index (χ3v) is 9.27. The number of alkyl halides is 3. The number of aliphatic hydroxyl groups excluding tert-OH is 5. The van der Waals surface area contributed by atoms with Crippen molar-refractivity contribution in [1.82, 2.24) is 8.87 Å². The highest BCUT2D eigenvalue weighted by Crippen LogP contribution is 2.44. The number of carboxylic acids is 1. The Hall–Kier alpha value is -3.96. The van der Waals surface area contributed by atoms with Gasteiger partial charge >= 0.3 is 12.1 Å². The molecule has 0 amide bonds. The van der Waals surface area contributed by atoms with Gasteiger partial charge < -0.3 is 36.4 Å². The van der Waals surface area contributed by atoms with E-state index < -0.39 is 73.4 Å². The number of aliphatic hydroxyl groups is 5. The first-order valence-corrected chi connectivity index (χ1v) is 15.2. The molecule has 4 aromatic rings. The van der Waals surface area contributed by atoms with E-state index in [2.05, 4.69) is 0 Å². The normalized spacial score (nSPS) is 18.0. The Bertz CT molecular complexity index is 1850. The molecule has 8 N–H and O–H groups in total. The third kappa shape index (κ3) is 6.87. The van der Waals surface area contributed by atoms with Gasteiger partial charge in [-0.3, -0.25) is 9.36 Å². The van der Waals surface area contributed by atoms with Crippen molar-refractivity contribution in [3.63, 3.8) is 0 Å². The predicted molar refractivity (Wildman–Crippen MR) is 168 cm³/mol. The smallest absolute Gasteiger partial charge is 0.416 e. The molecule has 0 saturated carbocycles. The molecule has 1 aliphatic heterocycles. The van der Waals surface area contributed by atoms with Crippen LogP contribution in [-0.2, 0) is 17.4 Å². The molecule has 250 valence electrons. The zero-order valence-corrected chi connectivity index (χ0v) is 25.4. The maximum Gasteiger partial charge on any atom is 0.416 e. The Morgan fingerprint density at radius 3 is 2.32 bits per heavy atom. The highest BCUT2D eigenvalue weighted by atomic mass is 32.2. The van der Waals surface area contributed by atoms with Gasteiger partial charge in [0.25, 0.3) is 5.56 Å². The summed E-state index contributed by atoms with van der Waals surface area (Å²) in [7, 11) is 0. The van der Waals surface area contributed by atoms with E-state index in [0.29, 0.717) is 5.56 Å². The van der Waals surface area contributed by atoms with Crippen molar-refractivity contribution in [1.29, 1.82) is 0 Å². The number of hydrogen-bond acceptors (Lipinski definition) is 10. The SMILES string of the molecule is Nc1c(Cc2cccc3ccccc23)c(-c2cccc(C(F)(F)F)c2)c2n(c1=O)C(C(=O)O)CN(C[C@H](O)[C@@H](O)[C@H](O)[C@H](O)CO)S2. The van der Waals surface area contributed by atoms with Crippen molar-refractivity contribution >= 4 is 34.4 Å². The average molecular weight is 676 g/mol. The molecule has 11 nitrogen and oxygen atoms in total.